The first-order valence-electron chi connectivity index (χ1n) is 7.01. The van der Waals surface area contributed by atoms with Crippen LogP contribution in [0.3, 0.4) is 0 Å². The highest BCUT2D eigenvalue weighted by molar-refractivity contribution is 6.30. The van der Waals surface area contributed by atoms with E-state index in [2.05, 4.69) is 5.32 Å². The van der Waals surface area contributed by atoms with Crippen LogP contribution in [0.2, 0.25) is 5.02 Å². The van der Waals surface area contributed by atoms with Crippen LogP contribution < -0.4 is 10.2 Å². The molecule has 2 aromatic rings. The molecule has 0 fully saturated rings. The van der Waals surface area contributed by atoms with Gasteiger partial charge in [0.15, 0.2) is 0 Å². The van der Waals surface area contributed by atoms with E-state index in [4.69, 9.17) is 11.6 Å². The van der Waals surface area contributed by atoms with Gasteiger partial charge in [0.1, 0.15) is 0 Å². The van der Waals surface area contributed by atoms with Gasteiger partial charge in [0, 0.05) is 35.4 Å². The molecule has 1 heterocycles. The van der Waals surface area contributed by atoms with Crippen molar-refractivity contribution in [2.75, 3.05) is 17.3 Å². The first kappa shape index (κ1) is 14.6. The predicted molar refractivity (Wildman–Crippen MR) is 87.6 cm³/mol. The summed E-state index contributed by atoms with van der Waals surface area (Å²) in [6.07, 6.45) is 1.20. The van der Waals surface area contributed by atoms with Crippen LogP contribution in [-0.2, 0) is 11.2 Å². The van der Waals surface area contributed by atoms with Crippen molar-refractivity contribution in [2.45, 2.75) is 12.8 Å². The topological polar surface area (TPSA) is 49.4 Å². The molecule has 0 saturated carbocycles. The van der Waals surface area contributed by atoms with Gasteiger partial charge in [-0.25, -0.2) is 0 Å². The van der Waals surface area contributed by atoms with E-state index in [0.717, 1.165) is 16.9 Å². The molecule has 0 aliphatic carbocycles. The van der Waals surface area contributed by atoms with Crippen LogP contribution in [0.5, 0.6) is 0 Å². The summed E-state index contributed by atoms with van der Waals surface area (Å²) < 4.78 is 0. The summed E-state index contributed by atoms with van der Waals surface area (Å²) in [5, 5.41) is 3.46. The van der Waals surface area contributed by atoms with Crippen molar-refractivity contribution in [1.82, 2.24) is 0 Å². The van der Waals surface area contributed by atoms with Gasteiger partial charge in [-0.15, -0.1) is 0 Å². The minimum Gasteiger partial charge on any atom is -0.322 e. The van der Waals surface area contributed by atoms with Crippen molar-refractivity contribution in [3.8, 4) is 0 Å². The fourth-order valence-electron chi connectivity index (χ4n) is 2.54. The van der Waals surface area contributed by atoms with Crippen LogP contribution in [0.15, 0.2) is 42.5 Å². The van der Waals surface area contributed by atoms with Crippen LogP contribution in [0.1, 0.15) is 22.3 Å². The van der Waals surface area contributed by atoms with Crippen molar-refractivity contribution >= 4 is 34.8 Å². The third kappa shape index (κ3) is 2.83. The Bertz CT molecular complexity index is 741. The molecule has 112 valence electrons. The van der Waals surface area contributed by atoms with E-state index in [1.807, 2.05) is 18.2 Å². The number of nitrogens with zero attached hydrogens (tertiary/aromatic N) is 1. The van der Waals surface area contributed by atoms with Gasteiger partial charge in [-0.05, 0) is 54.4 Å². The van der Waals surface area contributed by atoms with Gasteiger partial charge < -0.3 is 10.2 Å². The normalized spacial score (nSPS) is 13.7. The molecule has 0 atom stereocenters. The predicted octanol–water partition coefficient (Wildman–Crippen LogP) is 3.50. The Morgan fingerprint density at radius 2 is 1.86 bits per heavy atom. The maximum absolute atomic E-state index is 12.2. The Hall–Kier alpha value is -2.33. The van der Waals surface area contributed by atoms with E-state index < -0.39 is 0 Å². The number of hydrogen-bond acceptors (Lipinski definition) is 2. The number of nitrogens with one attached hydrogen (secondary N) is 1. The van der Waals surface area contributed by atoms with E-state index in [0.29, 0.717) is 23.4 Å². The zero-order chi connectivity index (χ0) is 15.7. The van der Waals surface area contributed by atoms with E-state index in [1.165, 1.54) is 0 Å². The standard InChI is InChI=1S/C17H15ClN2O2/c1-20-15-8-7-14(10-12(15)4-9-16(20)21)19-17(22)11-2-5-13(18)6-3-11/h2-3,5-8,10H,4,9H2,1H3,(H,19,22). The maximum atomic E-state index is 12.2. The lowest BCUT2D eigenvalue weighted by Crippen LogP contribution is -2.31. The number of amides is 2. The summed E-state index contributed by atoms with van der Waals surface area (Å²) in [5.74, 6) is -0.0673. The largest absolute Gasteiger partial charge is 0.322 e. The zero-order valence-corrected chi connectivity index (χ0v) is 12.9. The second kappa shape index (κ2) is 5.81. The first-order chi connectivity index (χ1) is 10.5. The smallest absolute Gasteiger partial charge is 0.255 e. The number of hydrogen-bond donors (Lipinski definition) is 1. The molecule has 2 amide bonds. The van der Waals surface area contributed by atoms with Gasteiger partial charge in [0.2, 0.25) is 5.91 Å². The molecule has 2 aromatic carbocycles. The monoisotopic (exact) mass is 314 g/mol. The lowest BCUT2D eigenvalue weighted by Gasteiger charge is -2.26. The highest BCUT2D eigenvalue weighted by atomic mass is 35.5. The molecule has 0 radical (unpaired) electrons. The minimum absolute atomic E-state index is 0.116. The molecule has 22 heavy (non-hydrogen) atoms. The summed E-state index contributed by atoms with van der Waals surface area (Å²) in [6, 6.07) is 12.3. The second-order valence-corrected chi connectivity index (χ2v) is 5.69. The molecule has 0 spiro atoms. The van der Waals surface area contributed by atoms with Gasteiger partial charge in [0.25, 0.3) is 5.91 Å². The van der Waals surface area contributed by atoms with Crippen molar-refractivity contribution in [3.05, 3.63) is 58.6 Å². The number of aryl methyl sites for hydroxylation is 1. The summed E-state index contributed by atoms with van der Waals surface area (Å²) >= 11 is 5.82. The fraction of sp³-hybridized carbons (Fsp3) is 0.176. The highest BCUT2D eigenvalue weighted by Gasteiger charge is 2.21. The van der Waals surface area contributed by atoms with Crippen molar-refractivity contribution in [1.29, 1.82) is 0 Å². The summed E-state index contributed by atoms with van der Waals surface area (Å²) in [6.45, 7) is 0. The first-order valence-corrected chi connectivity index (χ1v) is 7.39. The van der Waals surface area contributed by atoms with Crippen LogP contribution >= 0.6 is 11.6 Å². The summed E-state index contributed by atoms with van der Waals surface area (Å²) in [7, 11) is 1.77. The van der Waals surface area contributed by atoms with E-state index in [9.17, 15) is 9.59 Å². The van der Waals surface area contributed by atoms with Crippen molar-refractivity contribution < 1.29 is 9.59 Å². The molecule has 0 unspecified atom stereocenters. The van der Waals surface area contributed by atoms with E-state index in [1.54, 1.807) is 36.2 Å². The fourth-order valence-corrected chi connectivity index (χ4v) is 2.66. The SMILES string of the molecule is CN1C(=O)CCc2cc(NC(=O)c3ccc(Cl)cc3)ccc21. The van der Waals surface area contributed by atoms with Crippen molar-refractivity contribution in [2.24, 2.45) is 0 Å². The number of rotatable bonds is 2. The molecule has 1 N–H and O–H groups in total. The van der Waals surface area contributed by atoms with Crippen LogP contribution in [0, 0.1) is 0 Å². The van der Waals surface area contributed by atoms with Crippen LogP contribution in [-0.4, -0.2) is 18.9 Å². The Balaban J connectivity index is 1.80. The molecule has 1 aliphatic rings. The quantitative estimate of drug-likeness (QED) is 0.922. The zero-order valence-electron chi connectivity index (χ0n) is 12.1. The molecular formula is C17H15ClN2O2. The molecule has 0 aromatic heterocycles. The molecule has 3 rings (SSSR count). The molecule has 4 nitrogen and oxygen atoms in total. The number of fused-ring (bicyclic) bond motifs is 1. The number of halogens is 1. The molecule has 0 saturated heterocycles. The Morgan fingerprint density at radius 1 is 1.14 bits per heavy atom. The number of carbonyl (C=O) groups is 2. The van der Waals surface area contributed by atoms with Gasteiger partial charge in [0.05, 0.1) is 0 Å². The summed E-state index contributed by atoms with van der Waals surface area (Å²) in [4.78, 5) is 25.5. The van der Waals surface area contributed by atoms with Crippen LogP contribution in [0.25, 0.3) is 0 Å². The molecule has 0 bridgehead atoms. The molecular weight excluding hydrogens is 300 g/mol. The third-order valence-corrected chi connectivity index (χ3v) is 4.04. The van der Waals surface area contributed by atoms with Crippen molar-refractivity contribution in [3.63, 3.8) is 0 Å². The average molecular weight is 315 g/mol. The average Bonchev–Trinajstić information content (AvgIpc) is 2.51. The lowest BCUT2D eigenvalue weighted by atomic mass is 10.0. The molecule has 1 aliphatic heterocycles. The van der Waals surface area contributed by atoms with E-state index in [-0.39, 0.29) is 11.8 Å². The lowest BCUT2D eigenvalue weighted by molar-refractivity contribution is -0.118. The third-order valence-electron chi connectivity index (χ3n) is 3.79. The summed E-state index contributed by atoms with van der Waals surface area (Å²) in [5.41, 5.74) is 3.24. The van der Waals surface area contributed by atoms with Crippen LogP contribution in [0.4, 0.5) is 11.4 Å². The van der Waals surface area contributed by atoms with E-state index >= 15 is 0 Å². The van der Waals surface area contributed by atoms with Gasteiger partial charge in [-0.3, -0.25) is 9.59 Å². The highest BCUT2D eigenvalue weighted by Crippen LogP contribution is 2.29. The second-order valence-electron chi connectivity index (χ2n) is 5.26. The number of anilines is 2. The molecule has 5 heteroatoms. The maximum Gasteiger partial charge on any atom is 0.255 e. The number of benzene rings is 2. The Kier molecular flexibility index (Phi) is 3.86. The van der Waals surface area contributed by atoms with Gasteiger partial charge >= 0.3 is 0 Å². The number of carbonyl (C=O) groups excluding carboxylic acids is 2. The van der Waals surface area contributed by atoms with Gasteiger partial charge in [-0.1, -0.05) is 11.6 Å². The Labute approximate surface area is 133 Å². The minimum atomic E-state index is -0.183. The van der Waals surface area contributed by atoms with Gasteiger partial charge in [-0.2, -0.15) is 0 Å². The Morgan fingerprint density at radius 3 is 2.59 bits per heavy atom.